The minimum atomic E-state index is 0.714. The molecule has 6 heteroatoms. The van der Waals surface area contributed by atoms with Crippen LogP contribution < -0.4 is 0 Å². The van der Waals surface area contributed by atoms with Crippen LogP contribution in [-0.2, 0) is 19.5 Å². The largest absolute Gasteiger partial charge is 0.293 e. The first-order chi connectivity index (χ1) is 15.1. The fourth-order valence-electron chi connectivity index (χ4n) is 3.83. The summed E-state index contributed by atoms with van der Waals surface area (Å²) in [5.41, 5.74) is 6.37. The molecule has 2 aromatic carbocycles. The van der Waals surface area contributed by atoms with Gasteiger partial charge >= 0.3 is 0 Å². The average molecular weight is 447 g/mol. The summed E-state index contributed by atoms with van der Waals surface area (Å²) >= 11 is 12.0. The molecule has 2 aromatic heterocycles. The van der Waals surface area contributed by atoms with Gasteiger partial charge in [0.05, 0.1) is 17.1 Å². The summed E-state index contributed by atoms with van der Waals surface area (Å²) in [6.07, 6.45) is 2.85. The second-order valence-corrected chi connectivity index (χ2v) is 8.53. The van der Waals surface area contributed by atoms with Crippen LogP contribution in [0.15, 0.2) is 72.9 Å². The standard InChI is InChI=1S/C25H20Cl2N4/c26-20-8-4-17(5-9-20)23-3-1-2-22(29-23)16-31-13-12-24-19(15-31)14-28-25(30-24)18-6-10-21(27)11-7-18/h1-11,14H,12-13,15-16H2. The van der Waals surface area contributed by atoms with Crippen molar-refractivity contribution in [2.75, 3.05) is 6.54 Å². The zero-order chi connectivity index (χ0) is 21.2. The highest BCUT2D eigenvalue weighted by Crippen LogP contribution is 2.24. The van der Waals surface area contributed by atoms with Crippen molar-refractivity contribution in [2.45, 2.75) is 19.5 Å². The normalized spacial score (nSPS) is 13.7. The minimum Gasteiger partial charge on any atom is -0.293 e. The molecule has 4 nitrogen and oxygen atoms in total. The van der Waals surface area contributed by atoms with E-state index in [2.05, 4.69) is 22.0 Å². The van der Waals surface area contributed by atoms with E-state index in [-0.39, 0.29) is 0 Å². The fraction of sp³-hybridized carbons (Fsp3) is 0.160. The van der Waals surface area contributed by atoms with Crippen LogP contribution in [0, 0.1) is 0 Å². The third-order valence-electron chi connectivity index (χ3n) is 5.45. The van der Waals surface area contributed by atoms with Gasteiger partial charge in [-0.3, -0.25) is 9.88 Å². The van der Waals surface area contributed by atoms with Gasteiger partial charge in [-0.05, 0) is 48.5 Å². The van der Waals surface area contributed by atoms with Gasteiger partial charge in [0.15, 0.2) is 5.82 Å². The van der Waals surface area contributed by atoms with Crippen molar-refractivity contribution < 1.29 is 0 Å². The molecule has 0 amide bonds. The van der Waals surface area contributed by atoms with Gasteiger partial charge in [-0.1, -0.05) is 41.4 Å². The molecule has 0 N–H and O–H groups in total. The lowest BCUT2D eigenvalue weighted by Crippen LogP contribution is -2.31. The monoisotopic (exact) mass is 446 g/mol. The lowest BCUT2D eigenvalue weighted by atomic mass is 10.1. The topological polar surface area (TPSA) is 41.9 Å². The summed E-state index contributed by atoms with van der Waals surface area (Å²) < 4.78 is 0. The van der Waals surface area contributed by atoms with Gasteiger partial charge < -0.3 is 0 Å². The lowest BCUT2D eigenvalue weighted by Gasteiger charge is -2.27. The Bertz CT molecular complexity index is 1210. The van der Waals surface area contributed by atoms with Crippen molar-refractivity contribution in [3.8, 4) is 22.6 Å². The van der Waals surface area contributed by atoms with Crippen LogP contribution in [0.3, 0.4) is 0 Å². The highest BCUT2D eigenvalue weighted by atomic mass is 35.5. The number of aromatic nitrogens is 3. The van der Waals surface area contributed by atoms with Crippen LogP contribution in [0.2, 0.25) is 10.0 Å². The summed E-state index contributed by atoms with van der Waals surface area (Å²) in [4.78, 5) is 16.6. The molecule has 0 atom stereocenters. The van der Waals surface area contributed by atoms with Crippen molar-refractivity contribution in [3.05, 3.63) is 99.9 Å². The maximum Gasteiger partial charge on any atom is 0.159 e. The van der Waals surface area contributed by atoms with Gasteiger partial charge in [0.2, 0.25) is 0 Å². The molecule has 4 aromatic rings. The van der Waals surface area contributed by atoms with E-state index in [1.807, 2.05) is 60.8 Å². The number of fused-ring (bicyclic) bond motifs is 1. The van der Waals surface area contributed by atoms with E-state index in [0.717, 1.165) is 65.1 Å². The molecule has 0 spiro atoms. The first-order valence-electron chi connectivity index (χ1n) is 10.2. The molecule has 31 heavy (non-hydrogen) atoms. The Balaban J connectivity index is 1.30. The summed E-state index contributed by atoms with van der Waals surface area (Å²) in [6.45, 7) is 2.56. The molecule has 1 aliphatic rings. The predicted octanol–water partition coefficient (Wildman–Crippen LogP) is 6.07. The van der Waals surface area contributed by atoms with Crippen molar-refractivity contribution in [1.82, 2.24) is 19.9 Å². The van der Waals surface area contributed by atoms with Gasteiger partial charge in [-0.25, -0.2) is 9.97 Å². The Kier molecular flexibility index (Phi) is 5.68. The number of rotatable bonds is 4. The number of benzene rings is 2. The minimum absolute atomic E-state index is 0.714. The van der Waals surface area contributed by atoms with Crippen molar-refractivity contribution in [1.29, 1.82) is 0 Å². The average Bonchev–Trinajstić information content (AvgIpc) is 2.80. The first-order valence-corrected chi connectivity index (χ1v) is 10.9. The molecule has 0 saturated carbocycles. The van der Waals surface area contributed by atoms with Gasteiger partial charge in [-0.2, -0.15) is 0 Å². The summed E-state index contributed by atoms with van der Waals surface area (Å²) in [7, 11) is 0. The Morgan fingerprint density at radius 2 is 1.52 bits per heavy atom. The Morgan fingerprint density at radius 1 is 0.806 bits per heavy atom. The van der Waals surface area contributed by atoms with E-state index in [4.69, 9.17) is 33.2 Å². The maximum absolute atomic E-state index is 6.01. The highest BCUT2D eigenvalue weighted by Gasteiger charge is 2.19. The van der Waals surface area contributed by atoms with Crippen LogP contribution in [0.25, 0.3) is 22.6 Å². The van der Waals surface area contributed by atoms with E-state index in [1.165, 1.54) is 5.56 Å². The number of halogens is 2. The Hall–Kier alpha value is -2.79. The quantitative estimate of drug-likeness (QED) is 0.381. The second-order valence-electron chi connectivity index (χ2n) is 7.65. The summed E-state index contributed by atoms with van der Waals surface area (Å²) in [5, 5.41) is 1.44. The smallest absolute Gasteiger partial charge is 0.159 e. The molecule has 0 radical (unpaired) electrons. The fourth-order valence-corrected chi connectivity index (χ4v) is 4.08. The zero-order valence-electron chi connectivity index (χ0n) is 16.8. The van der Waals surface area contributed by atoms with E-state index in [9.17, 15) is 0 Å². The molecule has 1 aliphatic heterocycles. The van der Waals surface area contributed by atoms with Gasteiger partial charge in [0.1, 0.15) is 0 Å². The van der Waals surface area contributed by atoms with Gasteiger partial charge in [0, 0.05) is 59.0 Å². The summed E-state index contributed by atoms with van der Waals surface area (Å²) in [5.74, 6) is 0.751. The molecule has 0 saturated heterocycles. The molecule has 5 rings (SSSR count). The van der Waals surface area contributed by atoms with Crippen LogP contribution in [0.1, 0.15) is 17.0 Å². The molecule has 154 valence electrons. The van der Waals surface area contributed by atoms with Gasteiger partial charge in [0.25, 0.3) is 0 Å². The van der Waals surface area contributed by atoms with E-state index in [1.54, 1.807) is 0 Å². The predicted molar refractivity (Wildman–Crippen MR) is 125 cm³/mol. The van der Waals surface area contributed by atoms with E-state index >= 15 is 0 Å². The Labute approximate surface area is 191 Å². The molecular weight excluding hydrogens is 427 g/mol. The molecule has 0 unspecified atom stereocenters. The Morgan fingerprint density at radius 3 is 2.26 bits per heavy atom. The van der Waals surface area contributed by atoms with Crippen molar-refractivity contribution >= 4 is 23.2 Å². The third kappa shape index (κ3) is 4.62. The molecular formula is C25H20Cl2N4. The third-order valence-corrected chi connectivity index (χ3v) is 5.95. The SMILES string of the molecule is Clc1ccc(-c2cccc(CN3CCc4nc(-c5ccc(Cl)cc5)ncc4C3)n2)cc1. The molecule has 0 fully saturated rings. The number of hydrogen-bond acceptors (Lipinski definition) is 4. The number of nitrogens with zero attached hydrogens (tertiary/aromatic N) is 4. The molecule has 0 aliphatic carbocycles. The van der Waals surface area contributed by atoms with Crippen LogP contribution in [-0.4, -0.2) is 26.4 Å². The highest BCUT2D eigenvalue weighted by molar-refractivity contribution is 6.30. The second kappa shape index (κ2) is 8.75. The molecule has 0 bridgehead atoms. The van der Waals surface area contributed by atoms with Crippen LogP contribution in [0.5, 0.6) is 0 Å². The van der Waals surface area contributed by atoms with Crippen molar-refractivity contribution in [2.24, 2.45) is 0 Å². The van der Waals surface area contributed by atoms with E-state index < -0.39 is 0 Å². The number of hydrogen-bond donors (Lipinski definition) is 0. The van der Waals surface area contributed by atoms with Crippen LogP contribution in [0.4, 0.5) is 0 Å². The molecule has 3 heterocycles. The number of pyridine rings is 1. The first kappa shape index (κ1) is 20.1. The lowest BCUT2D eigenvalue weighted by molar-refractivity contribution is 0.240. The zero-order valence-corrected chi connectivity index (χ0v) is 18.3. The van der Waals surface area contributed by atoms with Crippen molar-refractivity contribution in [3.63, 3.8) is 0 Å². The van der Waals surface area contributed by atoms with Gasteiger partial charge in [-0.15, -0.1) is 0 Å². The van der Waals surface area contributed by atoms with Crippen LogP contribution >= 0.6 is 23.2 Å². The maximum atomic E-state index is 6.01. The van der Waals surface area contributed by atoms with E-state index in [0.29, 0.717) is 5.02 Å². The summed E-state index contributed by atoms with van der Waals surface area (Å²) in [6, 6.07) is 21.6.